The molecule has 0 saturated carbocycles. The maximum Gasteiger partial charge on any atom is 0.325 e. The van der Waals surface area contributed by atoms with Gasteiger partial charge in [-0.3, -0.25) is 5.32 Å². The van der Waals surface area contributed by atoms with Gasteiger partial charge in [-0.25, -0.2) is 9.78 Å². The van der Waals surface area contributed by atoms with Gasteiger partial charge in [-0.15, -0.1) is 0 Å². The third-order valence-corrected chi connectivity index (χ3v) is 4.66. The molecule has 3 aromatic rings. The number of nitrogens with one attached hydrogen (secondary N) is 2. The minimum Gasteiger partial charge on any atom is -0.497 e. The molecule has 2 aromatic carbocycles. The predicted octanol–water partition coefficient (Wildman–Crippen LogP) is 4.91. The number of carbonyl (C=O) groups excluding carboxylic acids is 1. The molecule has 2 N–H and O–H groups in total. The van der Waals surface area contributed by atoms with E-state index in [9.17, 15) is 4.79 Å². The van der Waals surface area contributed by atoms with Gasteiger partial charge in [0.25, 0.3) is 0 Å². The number of thiazole rings is 1. The van der Waals surface area contributed by atoms with Gasteiger partial charge in [0.05, 0.1) is 17.3 Å². The van der Waals surface area contributed by atoms with Gasteiger partial charge in [0, 0.05) is 10.7 Å². The number of urea groups is 1. The maximum atomic E-state index is 12.1. The highest BCUT2D eigenvalue weighted by atomic mass is 35.5. The highest BCUT2D eigenvalue weighted by Crippen LogP contribution is 2.31. The zero-order valence-electron chi connectivity index (χ0n) is 12.5. The van der Waals surface area contributed by atoms with Crippen LogP contribution in [0.1, 0.15) is 5.56 Å². The van der Waals surface area contributed by atoms with E-state index in [1.165, 1.54) is 11.3 Å². The smallest absolute Gasteiger partial charge is 0.325 e. The molecule has 5 nitrogen and oxygen atoms in total. The molecule has 7 heteroatoms. The van der Waals surface area contributed by atoms with Gasteiger partial charge in [0.2, 0.25) is 0 Å². The number of methoxy groups -OCH3 is 1. The Kier molecular flexibility index (Phi) is 4.36. The SMILES string of the molecule is COc1ccc(NC(=O)Nc2nc3c(C)c(Cl)ccc3s2)cc1. The fraction of sp³-hybridized carbons (Fsp3) is 0.125. The summed E-state index contributed by atoms with van der Waals surface area (Å²) in [6.45, 7) is 1.91. The van der Waals surface area contributed by atoms with E-state index in [1.54, 1.807) is 31.4 Å². The van der Waals surface area contributed by atoms with Gasteiger partial charge in [-0.05, 0) is 48.9 Å². The summed E-state index contributed by atoms with van der Waals surface area (Å²) in [4.78, 5) is 16.5. The van der Waals surface area contributed by atoms with Crippen molar-refractivity contribution in [1.82, 2.24) is 4.98 Å². The Balaban J connectivity index is 1.73. The van der Waals surface area contributed by atoms with Crippen LogP contribution in [-0.2, 0) is 0 Å². The molecule has 0 spiro atoms. The summed E-state index contributed by atoms with van der Waals surface area (Å²) in [7, 11) is 1.59. The lowest BCUT2D eigenvalue weighted by molar-refractivity contribution is 0.262. The van der Waals surface area contributed by atoms with Crippen LogP contribution in [0.3, 0.4) is 0 Å². The molecule has 118 valence electrons. The second-order valence-corrected chi connectivity index (χ2v) is 6.28. The largest absolute Gasteiger partial charge is 0.497 e. The van der Waals surface area contributed by atoms with Crippen molar-refractivity contribution in [3.63, 3.8) is 0 Å². The Labute approximate surface area is 142 Å². The molecule has 0 radical (unpaired) electrons. The molecule has 0 fully saturated rings. The van der Waals surface area contributed by atoms with Crippen LogP contribution < -0.4 is 15.4 Å². The minimum atomic E-state index is -0.349. The summed E-state index contributed by atoms with van der Waals surface area (Å²) < 4.78 is 6.06. The second-order valence-electron chi connectivity index (χ2n) is 4.85. The van der Waals surface area contributed by atoms with E-state index in [-0.39, 0.29) is 6.03 Å². The van der Waals surface area contributed by atoms with Gasteiger partial charge >= 0.3 is 6.03 Å². The molecular weight excluding hydrogens is 334 g/mol. The first-order valence-electron chi connectivity index (χ1n) is 6.84. The van der Waals surface area contributed by atoms with Crippen LogP contribution in [0.25, 0.3) is 10.2 Å². The Hall–Kier alpha value is -2.31. The quantitative estimate of drug-likeness (QED) is 0.707. The number of aromatic nitrogens is 1. The second kappa shape index (κ2) is 6.44. The van der Waals surface area contributed by atoms with Crippen LogP contribution in [0.15, 0.2) is 36.4 Å². The van der Waals surface area contributed by atoms with E-state index >= 15 is 0 Å². The maximum absolute atomic E-state index is 12.1. The lowest BCUT2D eigenvalue weighted by Crippen LogP contribution is -2.19. The summed E-state index contributed by atoms with van der Waals surface area (Å²) >= 11 is 7.49. The number of hydrogen-bond acceptors (Lipinski definition) is 4. The van der Waals surface area contributed by atoms with Crippen molar-refractivity contribution in [3.05, 3.63) is 47.0 Å². The number of amides is 2. The van der Waals surface area contributed by atoms with Gasteiger partial charge in [-0.1, -0.05) is 22.9 Å². The highest BCUT2D eigenvalue weighted by Gasteiger charge is 2.11. The molecule has 3 rings (SSSR count). The van der Waals surface area contributed by atoms with Crippen LogP contribution in [-0.4, -0.2) is 18.1 Å². The van der Waals surface area contributed by atoms with Crippen LogP contribution in [0.5, 0.6) is 5.75 Å². The van der Waals surface area contributed by atoms with Gasteiger partial charge in [0.1, 0.15) is 5.75 Å². The van der Waals surface area contributed by atoms with Crippen LogP contribution in [0.4, 0.5) is 15.6 Å². The first kappa shape index (κ1) is 15.6. The first-order valence-corrected chi connectivity index (χ1v) is 8.04. The molecule has 1 aromatic heterocycles. The van der Waals surface area contributed by atoms with E-state index in [0.29, 0.717) is 15.8 Å². The predicted molar refractivity (Wildman–Crippen MR) is 95.0 cm³/mol. The molecule has 0 bridgehead atoms. The number of hydrogen-bond donors (Lipinski definition) is 2. The molecule has 1 heterocycles. The number of carbonyl (C=O) groups is 1. The molecule has 23 heavy (non-hydrogen) atoms. The summed E-state index contributed by atoms with van der Waals surface area (Å²) in [6, 6.07) is 10.5. The van der Waals surface area contributed by atoms with Crippen molar-refractivity contribution in [2.45, 2.75) is 6.92 Å². The molecule has 0 aliphatic rings. The number of benzene rings is 2. The third kappa shape index (κ3) is 3.38. The number of rotatable bonds is 3. The number of anilines is 2. The number of nitrogens with zero attached hydrogens (tertiary/aromatic N) is 1. The summed E-state index contributed by atoms with van der Waals surface area (Å²) in [5, 5.41) is 6.67. The van der Waals surface area contributed by atoms with E-state index in [1.807, 2.05) is 19.1 Å². The lowest BCUT2D eigenvalue weighted by atomic mass is 10.2. The molecule has 2 amide bonds. The van der Waals surface area contributed by atoms with Crippen LogP contribution in [0.2, 0.25) is 5.02 Å². The average molecular weight is 348 g/mol. The van der Waals surface area contributed by atoms with Crippen molar-refractivity contribution in [2.75, 3.05) is 17.7 Å². The third-order valence-electron chi connectivity index (χ3n) is 3.32. The Morgan fingerprint density at radius 2 is 1.91 bits per heavy atom. The highest BCUT2D eigenvalue weighted by molar-refractivity contribution is 7.22. The lowest BCUT2D eigenvalue weighted by Gasteiger charge is -2.06. The van der Waals surface area contributed by atoms with Crippen LogP contribution in [0, 0.1) is 6.92 Å². The summed E-state index contributed by atoms with van der Waals surface area (Å²) in [6.07, 6.45) is 0. The summed E-state index contributed by atoms with van der Waals surface area (Å²) in [5.41, 5.74) is 2.38. The zero-order chi connectivity index (χ0) is 16.4. The van der Waals surface area contributed by atoms with E-state index in [0.717, 1.165) is 21.5 Å². The van der Waals surface area contributed by atoms with E-state index in [2.05, 4.69) is 15.6 Å². The molecule has 0 unspecified atom stereocenters. The monoisotopic (exact) mass is 347 g/mol. The van der Waals surface area contributed by atoms with Gasteiger partial charge < -0.3 is 10.1 Å². The molecular formula is C16H14ClN3O2S. The number of aryl methyl sites for hydroxylation is 1. The molecule has 0 atom stereocenters. The Morgan fingerprint density at radius 3 is 2.61 bits per heavy atom. The fourth-order valence-electron chi connectivity index (χ4n) is 2.09. The van der Waals surface area contributed by atoms with Crippen molar-refractivity contribution >= 4 is 50.0 Å². The fourth-order valence-corrected chi connectivity index (χ4v) is 3.16. The van der Waals surface area contributed by atoms with Crippen molar-refractivity contribution in [3.8, 4) is 5.75 Å². The minimum absolute atomic E-state index is 0.349. The van der Waals surface area contributed by atoms with Gasteiger partial charge in [0.15, 0.2) is 5.13 Å². The standard InChI is InChI=1S/C16H14ClN3O2S/c1-9-12(17)7-8-13-14(9)19-16(23-13)20-15(21)18-10-3-5-11(22-2)6-4-10/h3-8H,1-2H3,(H2,18,19,20,21). The Bertz CT molecular complexity index is 862. The van der Waals surface area contributed by atoms with Crippen LogP contribution >= 0.6 is 22.9 Å². The van der Waals surface area contributed by atoms with Gasteiger partial charge in [-0.2, -0.15) is 0 Å². The molecule has 0 aliphatic carbocycles. The van der Waals surface area contributed by atoms with Crippen molar-refractivity contribution in [2.24, 2.45) is 0 Å². The van der Waals surface area contributed by atoms with E-state index in [4.69, 9.17) is 16.3 Å². The van der Waals surface area contributed by atoms with Crippen molar-refractivity contribution in [1.29, 1.82) is 0 Å². The average Bonchev–Trinajstić information content (AvgIpc) is 2.95. The normalized spacial score (nSPS) is 10.6. The topological polar surface area (TPSA) is 63.2 Å². The molecule has 0 saturated heterocycles. The first-order chi connectivity index (χ1) is 11.1. The number of ether oxygens (including phenoxy) is 1. The molecule has 0 aliphatic heterocycles. The van der Waals surface area contributed by atoms with Crippen molar-refractivity contribution < 1.29 is 9.53 Å². The zero-order valence-corrected chi connectivity index (χ0v) is 14.1. The summed E-state index contributed by atoms with van der Waals surface area (Å²) in [5.74, 6) is 0.731. The number of fused-ring (bicyclic) bond motifs is 1. The number of halogens is 1. The van der Waals surface area contributed by atoms with E-state index < -0.39 is 0 Å². The Morgan fingerprint density at radius 1 is 1.17 bits per heavy atom.